The van der Waals surface area contributed by atoms with Crippen LogP contribution in [0.3, 0.4) is 0 Å². The molecule has 9 nitrogen and oxygen atoms in total. The Bertz CT molecular complexity index is 921. The van der Waals surface area contributed by atoms with Gasteiger partial charge in [0, 0.05) is 0 Å². The van der Waals surface area contributed by atoms with Crippen LogP contribution in [0.1, 0.15) is 35.9 Å². The minimum atomic E-state index is -1.10. The number of fused-ring (bicyclic) bond motifs is 2. The average molecular weight is 450 g/mol. The number of hydrogen-bond donors (Lipinski definition) is 4. The molecule has 2 rings (SSSR count). The number of hydrogen-bond acceptors (Lipinski definition) is 7. The van der Waals surface area contributed by atoms with Crippen molar-refractivity contribution >= 4 is 36.3 Å². The molecule has 31 heavy (non-hydrogen) atoms. The number of carbonyl (C=O) groups is 4. The summed E-state index contributed by atoms with van der Waals surface area (Å²) in [6, 6.07) is 1.24. The summed E-state index contributed by atoms with van der Waals surface area (Å²) in [5.74, 6) is -3.44. The van der Waals surface area contributed by atoms with Crippen LogP contribution in [-0.4, -0.2) is 46.6 Å². The highest BCUT2D eigenvalue weighted by molar-refractivity contribution is 7.80. The molecule has 1 aliphatic heterocycles. The summed E-state index contributed by atoms with van der Waals surface area (Å²) in [6.45, 7) is 4.72. The summed E-state index contributed by atoms with van der Waals surface area (Å²) in [5.41, 5.74) is -0.746. The number of ether oxygens (including phenoxy) is 1. The Hall–Kier alpha value is -3.21. The fraction of sp³-hybridized carbons (Fsp3) is 0.350. The van der Waals surface area contributed by atoms with Crippen LogP contribution >= 0.6 is 12.6 Å². The molecule has 3 amide bonds. The SMILES string of the molecule is C=C1NC(=O)c2nc(ccc2F)CNC(=O)C[C@@H](/C=C/CCS)OC(=O)[C@H](C)NC1=O. The highest BCUT2D eigenvalue weighted by Gasteiger charge is 2.25. The van der Waals surface area contributed by atoms with Gasteiger partial charge in [0.1, 0.15) is 12.1 Å². The van der Waals surface area contributed by atoms with Gasteiger partial charge in [-0.25, -0.2) is 14.2 Å². The monoisotopic (exact) mass is 450 g/mol. The van der Waals surface area contributed by atoms with Crippen molar-refractivity contribution in [1.29, 1.82) is 0 Å². The molecule has 11 heteroatoms. The third-order valence-corrected chi connectivity index (χ3v) is 4.38. The van der Waals surface area contributed by atoms with Crippen LogP contribution < -0.4 is 16.0 Å². The Morgan fingerprint density at radius 3 is 2.74 bits per heavy atom. The maximum absolute atomic E-state index is 14.0. The van der Waals surface area contributed by atoms with Crippen LogP contribution in [0, 0.1) is 5.82 Å². The molecule has 0 fully saturated rings. The quantitative estimate of drug-likeness (QED) is 0.233. The highest BCUT2D eigenvalue weighted by atomic mass is 32.1. The third-order valence-electron chi connectivity index (χ3n) is 4.13. The molecule has 1 aromatic heterocycles. The van der Waals surface area contributed by atoms with Gasteiger partial charge in [-0.1, -0.05) is 12.7 Å². The largest absolute Gasteiger partial charge is 0.456 e. The van der Waals surface area contributed by atoms with Gasteiger partial charge in [0.15, 0.2) is 11.5 Å². The molecule has 1 aliphatic rings. The summed E-state index contributed by atoms with van der Waals surface area (Å²) in [4.78, 5) is 53.1. The molecule has 0 saturated carbocycles. The minimum absolute atomic E-state index is 0.0851. The molecule has 0 radical (unpaired) electrons. The first-order chi connectivity index (χ1) is 14.7. The lowest BCUT2D eigenvalue weighted by atomic mass is 10.2. The molecule has 2 bridgehead atoms. The number of carbonyl (C=O) groups excluding carboxylic acids is 4. The van der Waals surface area contributed by atoms with Crippen LogP contribution in [0.2, 0.25) is 0 Å². The third kappa shape index (κ3) is 7.21. The predicted octanol–water partition coefficient (Wildman–Crippen LogP) is 0.777. The molecule has 0 aliphatic carbocycles. The summed E-state index contributed by atoms with van der Waals surface area (Å²) in [7, 11) is 0. The Morgan fingerprint density at radius 2 is 2.03 bits per heavy atom. The molecule has 0 spiro atoms. The zero-order valence-corrected chi connectivity index (χ0v) is 17.7. The molecule has 0 aromatic carbocycles. The van der Waals surface area contributed by atoms with Crippen LogP contribution in [0.25, 0.3) is 0 Å². The van der Waals surface area contributed by atoms with E-state index >= 15 is 0 Å². The predicted molar refractivity (Wildman–Crippen MR) is 112 cm³/mol. The molecule has 2 heterocycles. The summed E-state index contributed by atoms with van der Waals surface area (Å²) >= 11 is 4.10. The fourth-order valence-electron chi connectivity index (χ4n) is 2.50. The number of aromatic nitrogens is 1. The zero-order chi connectivity index (χ0) is 23.0. The van der Waals surface area contributed by atoms with Crippen molar-refractivity contribution < 1.29 is 28.3 Å². The Morgan fingerprint density at radius 1 is 1.29 bits per heavy atom. The second-order valence-electron chi connectivity index (χ2n) is 6.66. The van der Waals surface area contributed by atoms with Gasteiger partial charge in [-0.05, 0) is 37.3 Å². The van der Waals surface area contributed by atoms with Gasteiger partial charge >= 0.3 is 5.97 Å². The number of halogens is 1. The highest BCUT2D eigenvalue weighted by Crippen LogP contribution is 2.09. The topological polar surface area (TPSA) is 126 Å². The van der Waals surface area contributed by atoms with E-state index in [-0.39, 0.29) is 18.7 Å². The van der Waals surface area contributed by atoms with E-state index in [1.807, 2.05) is 0 Å². The molecular weight excluding hydrogens is 427 g/mol. The maximum atomic E-state index is 14.0. The molecule has 3 N–H and O–H groups in total. The second-order valence-corrected chi connectivity index (χ2v) is 7.10. The number of rotatable bonds is 3. The second kappa shape index (κ2) is 11.3. The van der Waals surface area contributed by atoms with Crippen LogP contribution in [0.15, 0.2) is 36.6 Å². The molecule has 0 unspecified atom stereocenters. The summed E-state index contributed by atoms with van der Waals surface area (Å²) in [5, 5.41) is 7.05. The smallest absolute Gasteiger partial charge is 0.328 e. The van der Waals surface area contributed by atoms with Crippen LogP contribution in [0.5, 0.6) is 0 Å². The van der Waals surface area contributed by atoms with E-state index in [0.717, 1.165) is 6.07 Å². The van der Waals surface area contributed by atoms with Gasteiger partial charge in [0.05, 0.1) is 24.4 Å². The van der Waals surface area contributed by atoms with E-state index in [9.17, 15) is 23.6 Å². The summed E-state index contributed by atoms with van der Waals surface area (Å²) < 4.78 is 19.4. The van der Waals surface area contributed by atoms with E-state index < -0.39 is 53.0 Å². The Balaban J connectivity index is 2.32. The van der Waals surface area contributed by atoms with E-state index in [4.69, 9.17) is 4.74 Å². The molecule has 2 atom stereocenters. The van der Waals surface area contributed by atoms with Gasteiger partial charge in [0.2, 0.25) is 5.91 Å². The van der Waals surface area contributed by atoms with E-state index in [1.165, 1.54) is 13.0 Å². The molecule has 166 valence electrons. The van der Waals surface area contributed by atoms with E-state index in [2.05, 4.69) is 40.1 Å². The van der Waals surface area contributed by atoms with Gasteiger partial charge in [-0.2, -0.15) is 12.6 Å². The van der Waals surface area contributed by atoms with Gasteiger partial charge < -0.3 is 20.7 Å². The van der Waals surface area contributed by atoms with Gasteiger partial charge in [-0.15, -0.1) is 0 Å². The molecule has 0 saturated heterocycles. The first-order valence-electron chi connectivity index (χ1n) is 9.42. The normalized spacial score (nSPS) is 21.3. The van der Waals surface area contributed by atoms with Gasteiger partial charge in [0.25, 0.3) is 11.8 Å². The number of nitrogens with one attached hydrogen (secondary N) is 3. The summed E-state index contributed by atoms with van der Waals surface area (Å²) in [6.07, 6.45) is 2.84. The number of cyclic esters (lactones) is 1. The van der Waals surface area contributed by atoms with Crippen molar-refractivity contribution in [3.05, 3.63) is 53.8 Å². The number of amides is 3. The lowest BCUT2D eigenvalue weighted by Gasteiger charge is -2.19. The number of allylic oxidation sites excluding steroid dienone is 1. The van der Waals surface area contributed by atoms with Crippen molar-refractivity contribution in [3.63, 3.8) is 0 Å². The van der Waals surface area contributed by atoms with E-state index in [1.54, 1.807) is 12.2 Å². The molecule has 1 aromatic rings. The number of pyridine rings is 1. The van der Waals surface area contributed by atoms with Gasteiger partial charge in [-0.3, -0.25) is 14.4 Å². The van der Waals surface area contributed by atoms with Crippen LogP contribution in [-0.2, 0) is 25.7 Å². The van der Waals surface area contributed by atoms with Crippen LogP contribution in [0.4, 0.5) is 4.39 Å². The zero-order valence-electron chi connectivity index (χ0n) is 16.8. The number of thiol groups is 1. The fourth-order valence-corrected chi connectivity index (χ4v) is 2.65. The number of esters is 1. The first kappa shape index (κ1) is 24.1. The van der Waals surface area contributed by atoms with Crippen molar-refractivity contribution in [2.24, 2.45) is 0 Å². The lowest BCUT2D eigenvalue weighted by Crippen LogP contribution is -2.44. The van der Waals surface area contributed by atoms with Crippen molar-refractivity contribution in [1.82, 2.24) is 20.9 Å². The van der Waals surface area contributed by atoms with Crippen molar-refractivity contribution in [2.75, 3.05) is 5.75 Å². The minimum Gasteiger partial charge on any atom is -0.456 e. The lowest BCUT2D eigenvalue weighted by molar-refractivity contribution is -0.151. The Kier molecular flexibility index (Phi) is 8.74. The maximum Gasteiger partial charge on any atom is 0.328 e. The van der Waals surface area contributed by atoms with Crippen molar-refractivity contribution in [2.45, 2.75) is 38.5 Å². The van der Waals surface area contributed by atoms with E-state index in [0.29, 0.717) is 12.2 Å². The standard InChI is InChI=1S/C20H23FN4O5S/c1-11-18(27)24-12(2)20(29)30-14(5-3-4-8-31)9-16(26)22-10-13-6-7-15(21)17(25-13)19(28)23-11/h3,5-7,12,14,31H,1,4,8-10H2,2H3,(H,22,26)(H,23,28)(H,24,27)/b5-3+/t12-,14+/m0/s1. The average Bonchev–Trinajstić information content (AvgIpc) is 2.72. The Labute approximate surface area is 183 Å². The van der Waals surface area contributed by atoms with Crippen molar-refractivity contribution in [3.8, 4) is 0 Å². The number of nitrogens with zero attached hydrogens (tertiary/aromatic N) is 1. The molecular formula is C20H23FN4O5S. The first-order valence-corrected chi connectivity index (χ1v) is 10.1.